The fraction of sp³-hybridized carbons (Fsp3) is 0.300. The summed E-state index contributed by atoms with van der Waals surface area (Å²) in [6.07, 6.45) is 0. The van der Waals surface area contributed by atoms with Gasteiger partial charge in [-0.25, -0.2) is 17.7 Å². The third-order valence-electron chi connectivity index (χ3n) is 4.81. The number of carbonyl (C=O) groups excluding carboxylic acids is 1. The minimum absolute atomic E-state index is 0.144. The van der Waals surface area contributed by atoms with E-state index < -0.39 is 10.0 Å². The number of rotatable bonds is 5. The van der Waals surface area contributed by atoms with E-state index in [1.165, 1.54) is 38.4 Å². The monoisotopic (exact) mass is 446 g/mol. The molecule has 0 spiro atoms. The number of amides is 1. The molecule has 1 fully saturated rings. The number of aromatic nitrogens is 1. The zero-order chi connectivity index (χ0) is 21.3. The predicted molar refractivity (Wildman–Crippen MR) is 118 cm³/mol. The number of nitrogens with zero attached hydrogens (tertiary/aromatic N) is 3. The molecule has 1 aliphatic heterocycles. The van der Waals surface area contributed by atoms with Crippen LogP contribution < -0.4 is 10.2 Å². The Morgan fingerprint density at radius 2 is 1.83 bits per heavy atom. The number of benzene rings is 2. The van der Waals surface area contributed by atoms with Crippen LogP contribution in [-0.4, -0.2) is 64.0 Å². The second-order valence-corrected chi connectivity index (χ2v) is 10.2. The summed E-state index contributed by atoms with van der Waals surface area (Å²) in [4.78, 5) is 19.6. The molecule has 158 valence electrons. The molecular formula is C20H22N4O4S2. The van der Waals surface area contributed by atoms with Gasteiger partial charge in [-0.2, -0.15) is 0 Å². The molecule has 30 heavy (non-hydrogen) atoms. The minimum atomic E-state index is -3.53. The van der Waals surface area contributed by atoms with Gasteiger partial charge in [-0.05, 0) is 42.5 Å². The Bertz CT molecular complexity index is 1170. The number of ether oxygens (including phenoxy) is 1. The standard InChI is InChI=1S/C20H22N4O4S2/c1-23(2)30(26,27)16-6-3-14(4-7-16)19(25)21-15-5-8-17-18(13-15)29-20(22-17)24-9-11-28-12-10-24/h3-8,13H,9-12H2,1-2H3,(H,21,25). The van der Waals surface area contributed by atoms with E-state index in [4.69, 9.17) is 4.74 Å². The maximum atomic E-state index is 12.6. The van der Waals surface area contributed by atoms with Gasteiger partial charge in [-0.3, -0.25) is 4.79 Å². The van der Waals surface area contributed by atoms with Crippen molar-refractivity contribution >= 4 is 48.3 Å². The molecule has 0 unspecified atom stereocenters. The summed E-state index contributed by atoms with van der Waals surface area (Å²) < 4.78 is 31.8. The van der Waals surface area contributed by atoms with Gasteiger partial charge in [-0.15, -0.1) is 0 Å². The topological polar surface area (TPSA) is 91.8 Å². The smallest absolute Gasteiger partial charge is 0.255 e. The van der Waals surface area contributed by atoms with Crippen molar-refractivity contribution < 1.29 is 17.9 Å². The largest absolute Gasteiger partial charge is 0.378 e. The Morgan fingerprint density at radius 1 is 1.13 bits per heavy atom. The predicted octanol–water partition coefficient (Wildman–Crippen LogP) is 2.64. The first-order chi connectivity index (χ1) is 14.3. The zero-order valence-electron chi connectivity index (χ0n) is 16.7. The molecule has 1 aliphatic rings. The lowest BCUT2D eigenvalue weighted by Crippen LogP contribution is -2.36. The van der Waals surface area contributed by atoms with Crippen LogP contribution in [0.1, 0.15) is 10.4 Å². The van der Waals surface area contributed by atoms with Gasteiger partial charge in [0, 0.05) is 38.4 Å². The summed E-state index contributed by atoms with van der Waals surface area (Å²) in [5.74, 6) is -0.305. The number of hydrogen-bond donors (Lipinski definition) is 1. The SMILES string of the molecule is CN(C)S(=O)(=O)c1ccc(C(=O)Nc2ccc3nc(N4CCOCC4)sc3c2)cc1. The molecule has 0 radical (unpaired) electrons. The fourth-order valence-electron chi connectivity index (χ4n) is 3.07. The van der Waals surface area contributed by atoms with Crippen molar-refractivity contribution in [3.05, 3.63) is 48.0 Å². The Balaban J connectivity index is 1.50. The third-order valence-corrected chi connectivity index (χ3v) is 7.72. The molecule has 2 aromatic carbocycles. The number of hydrogen-bond acceptors (Lipinski definition) is 7. The van der Waals surface area contributed by atoms with Crippen LogP contribution in [0.4, 0.5) is 10.8 Å². The molecule has 1 saturated heterocycles. The molecule has 1 amide bonds. The van der Waals surface area contributed by atoms with Crippen molar-refractivity contribution in [2.75, 3.05) is 50.6 Å². The van der Waals surface area contributed by atoms with Crippen LogP contribution in [0.15, 0.2) is 47.4 Å². The lowest BCUT2D eigenvalue weighted by atomic mass is 10.2. The number of nitrogens with one attached hydrogen (secondary N) is 1. The highest BCUT2D eigenvalue weighted by atomic mass is 32.2. The van der Waals surface area contributed by atoms with Gasteiger partial charge < -0.3 is 15.0 Å². The van der Waals surface area contributed by atoms with E-state index in [0.717, 1.165) is 32.7 Å². The second kappa shape index (κ2) is 8.31. The van der Waals surface area contributed by atoms with Crippen molar-refractivity contribution in [1.29, 1.82) is 0 Å². The Labute approximate surface area is 179 Å². The van der Waals surface area contributed by atoms with Crippen molar-refractivity contribution in [3.63, 3.8) is 0 Å². The highest BCUT2D eigenvalue weighted by molar-refractivity contribution is 7.89. The molecule has 3 aromatic rings. The summed E-state index contributed by atoms with van der Waals surface area (Å²) >= 11 is 1.58. The average Bonchev–Trinajstić information content (AvgIpc) is 3.18. The zero-order valence-corrected chi connectivity index (χ0v) is 18.3. The van der Waals surface area contributed by atoms with E-state index in [1.54, 1.807) is 11.3 Å². The van der Waals surface area contributed by atoms with Gasteiger partial charge in [0.25, 0.3) is 5.91 Å². The highest BCUT2D eigenvalue weighted by Gasteiger charge is 2.18. The van der Waals surface area contributed by atoms with Crippen molar-refractivity contribution in [3.8, 4) is 0 Å². The van der Waals surface area contributed by atoms with E-state index in [2.05, 4.69) is 15.2 Å². The quantitative estimate of drug-likeness (QED) is 0.648. The summed E-state index contributed by atoms with van der Waals surface area (Å²) in [6, 6.07) is 11.5. The number of morpholine rings is 1. The van der Waals surface area contributed by atoms with E-state index in [1.807, 2.05) is 18.2 Å². The van der Waals surface area contributed by atoms with Crippen LogP contribution >= 0.6 is 11.3 Å². The number of carbonyl (C=O) groups is 1. The molecular weight excluding hydrogens is 424 g/mol. The van der Waals surface area contributed by atoms with Gasteiger partial charge in [0.05, 0.1) is 28.3 Å². The number of sulfonamides is 1. The fourth-order valence-corrected chi connectivity index (χ4v) is 5.03. The Kier molecular flexibility index (Phi) is 5.74. The number of thiazole rings is 1. The van der Waals surface area contributed by atoms with Gasteiger partial charge in [0.2, 0.25) is 10.0 Å². The summed E-state index contributed by atoms with van der Waals surface area (Å²) in [5.41, 5.74) is 1.93. The average molecular weight is 447 g/mol. The number of anilines is 2. The maximum absolute atomic E-state index is 12.6. The lowest BCUT2D eigenvalue weighted by Gasteiger charge is -2.25. The van der Waals surface area contributed by atoms with Crippen LogP contribution in [0.25, 0.3) is 10.2 Å². The summed E-state index contributed by atoms with van der Waals surface area (Å²) in [6.45, 7) is 3.05. The molecule has 8 nitrogen and oxygen atoms in total. The van der Waals surface area contributed by atoms with Crippen LogP contribution in [0, 0.1) is 0 Å². The summed E-state index contributed by atoms with van der Waals surface area (Å²) in [7, 11) is -0.589. The Hall–Kier alpha value is -2.53. The van der Waals surface area contributed by atoms with Crippen molar-refractivity contribution in [2.45, 2.75) is 4.90 Å². The van der Waals surface area contributed by atoms with E-state index in [0.29, 0.717) is 24.5 Å². The number of fused-ring (bicyclic) bond motifs is 1. The molecule has 0 bridgehead atoms. The lowest BCUT2D eigenvalue weighted by molar-refractivity contribution is 0.102. The second-order valence-electron chi connectivity index (χ2n) is 7.04. The van der Waals surface area contributed by atoms with E-state index >= 15 is 0 Å². The first-order valence-electron chi connectivity index (χ1n) is 9.42. The Morgan fingerprint density at radius 3 is 2.50 bits per heavy atom. The molecule has 1 aromatic heterocycles. The van der Waals surface area contributed by atoms with E-state index in [9.17, 15) is 13.2 Å². The van der Waals surface area contributed by atoms with E-state index in [-0.39, 0.29) is 10.8 Å². The van der Waals surface area contributed by atoms with Crippen molar-refractivity contribution in [2.24, 2.45) is 0 Å². The maximum Gasteiger partial charge on any atom is 0.255 e. The highest BCUT2D eigenvalue weighted by Crippen LogP contribution is 2.31. The molecule has 10 heteroatoms. The molecule has 4 rings (SSSR count). The van der Waals surface area contributed by atoms with Gasteiger partial charge in [0.15, 0.2) is 5.13 Å². The van der Waals surface area contributed by atoms with Gasteiger partial charge in [-0.1, -0.05) is 11.3 Å². The van der Waals surface area contributed by atoms with Crippen molar-refractivity contribution in [1.82, 2.24) is 9.29 Å². The molecule has 0 atom stereocenters. The molecule has 0 aliphatic carbocycles. The molecule has 2 heterocycles. The van der Waals surface area contributed by atoms with Crippen LogP contribution in [-0.2, 0) is 14.8 Å². The van der Waals surface area contributed by atoms with Crippen LogP contribution in [0.2, 0.25) is 0 Å². The first kappa shape index (κ1) is 20.7. The summed E-state index contributed by atoms with van der Waals surface area (Å²) in [5, 5.41) is 3.82. The van der Waals surface area contributed by atoms with Gasteiger partial charge in [0.1, 0.15) is 0 Å². The van der Waals surface area contributed by atoms with Gasteiger partial charge >= 0.3 is 0 Å². The van der Waals surface area contributed by atoms with Crippen LogP contribution in [0.3, 0.4) is 0 Å². The van der Waals surface area contributed by atoms with Crippen LogP contribution in [0.5, 0.6) is 0 Å². The first-order valence-corrected chi connectivity index (χ1v) is 11.7. The molecule has 0 saturated carbocycles. The normalized spacial score (nSPS) is 15.0. The third kappa shape index (κ3) is 4.17. The molecule has 1 N–H and O–H groups in total. The minimum Gasteiger partial charge on any atom is -0.378 e.